The summed E-state index contributed by atoms with van der Waals surface area (Å²) in [6, 6.07) is 5.60. The van der Waals surface area contributed by atoms with Crippen molar-refractivity contribution in [3.63, 3.8) is 0 Å². The Bertz CT molecular complexity index is 660. The number of carbonyl (C=O) groups is 2. The molecular weight excluding hydrogens is 322 g/mol. The molecule has 0 bridgehead atoms. The zero-order valence-corrected chi connectivity index (χ0v) is 15.8. The molecule has 0 spiro atoms. The fourth-order valence-corrected chi connectivity index (χ4v) is 2.59. The summed E-state index contributed by atoms with van der Waals surface area (Å²) in [6.45, 7) is 10.8. The standard InChI is InChI=1S/C19H27NO5/c1-12(17(22)20-18(2,3)4)24-15(21)11-23-14-9-7-8-13-10-19(5,6)25-16(13)14/h7-9,12H,10-11H2,1-6H3,(H,20,22)/t12-/m1/s1. The number of hydrogen-bond acceptors (Lipinski definition) is 5. The average molecular weight is 349 g/mol. The van der Waals surface area contributed by atoms with E-state index in [2.05, 4.69) is 5.32 Å². The highest BCUT2D eigenvalue weighted by atomic mass is 16.6. The first-order valence-corrected chi connectivity index (χ1v) is 8.42. The lowest BCUT2D eigenvalue weighted by molar-refractivity contribution is -0.157. The van der Waals surface area contributed by atoms with E-state index in [0.29, 0.717) is 11.5 Å². The maximum atomic E-state index is 12.0. The van der Waals surface area contributed by atoms with Gasteiger partial charge in [-0.25, -0.2) is 4.79 Å². The molecule has 0 aliphatic carbocycles. The lowest BCUT2D eigenvalue weighted by atomic mass is 10.0. The van der Waals surface area contributed by atoms with Crippen molar-refractivity contribution in [1.82, 2.24) is 5.32 Å². The summed E-state index contributed by atoms with van der Waals surface area (Å²) in [6.07, 6.45) is -0.0967. The first-order valence-electron chi connectivity index (χ1n) is 8.42. The zero-order valence-electron chi connectivity index (χ0n) is 15.8. The molecule has 0 unspecified atom stereocenters. The Hall–Kier alpha value is -2.24. The largest absolute Gasteiger partial charge is 0.483 e. The molecule has 1 aromatic carbocycles. The van der Waals surface area contributed by atoms with E-state index in [1.165, 1.54) is 6.92 Å². The lowest BCUT2D eigenvalue weighted by Crippen LogP contribution is -2.46. The molecule has 1 aliphatic heterocycles. The van der Waals surface area contributed by atoms with E-state index in [4.69, 9.17) is 14.2 Å². The molecule has 0 radical (unpaired) electrons. The minimum Gasteiger partial charge on any atom is -0.483 e. The van der Waals surface area contributed by atoms with Crippen LogP contribution in [0.3, 0.4) is 0 Å². The number of fused-ring (bicyclic) bond motifs is 1. The van der Waals surface area contributed by atoms with Crippen LogP contribution in [0, 0.1) is 0 Å². The SMILES string of the molecule is C[C@@H](OC(=O)COc1cccc2c1OC(C)(C)C2)C(=O)NC(C)(C)C. The van der Waals surface area contributed by atoms with Crippen molar-refractivity contribution in [2.45, 2.75) is 65.2 Å². The maximum Gasteiger partial charge on any atom is 0.344 e. The second-order valence-corrected chi connectivity index (χ2v) is 7.94. The van der Waals surface area contributed by atoms with Gasteiger partial charge in [0.15, 0.2) is 24.2 Å². The smallest absolute Gasteiger partial charge is 0.344 e. The molecule has 1 atom stereocenters. The minimum atomic E-state index is -0.882. The van der Waals surface area contributed by atoms with Crippen LogP contribution >= 0.6 is 0 Å². The lowest BCUT2D eigenvalue weighted by Gasteiger charge is -2.23. The molecule has 6 nitrogen and oxygen atoms in total. The number of para-hydroxylation sites is 1. The Kier molecular flexibility index (Phi) is 5.30. The van der Waals surface area contributed by atoms with Crippen molar-refractivity contribution >= 4 is 11.9 Å². The highest BCUT2D eigenvalue weighted by Crippen LogP contribution is 2.41. The number of rotatable bonds is 5. The first-order chi connectivity index (χ1) is 11.5. The van der Waals surface area contributed by atoms with Crippen molar-refractivity contribution in [2.75, 3.05) is 6.61 Å². The summed E-state index contributed by atoms with van der Waals surface area (Å²) >= 11 is 0. The van der Waals surface area contributed by atoms with E-state index in [1.54, 1.807) is 6.07 Å². The van der Waals surface area contributed by atoms with E-state index >= 15 is 0 Å². The molecule has 0 saturated carbocycles. The summed E-state index contributed by atoms with van der Waals surface area (Å²) in [5.41, 5.74) is 0.374. The van der Waals surface area contributed by atoms with Crippen LogP contribution in [0.15, 0.2) is 18.2 Å². The fourth-order valence-electron chi connectivity index (χ4n) is 2.59. The topological polar surface area (TPSA) is 73.9 Å². The van der Waals surface area contributed by atoms with Gasteiger partial charge in [-0.3, -0.25) is 4.79 Å². The number of ether oxygens (including phenoxy) is 3. The Balaban J connectivity index is 1.90. The Morgan fingerprint density at radius 2 is 2.00 bits per heavy atom. The molecule has 6 heteroatoms. The van der Waals surface area contributed by atoms with E-state index in [1.807, 2.05) is 46.8 Å². The van der Waals surface area contributed by atoms with Crippen LogP contribution < -0.4 is 14.8 Å². The van der Waals surface area contributed by atoms with Crippen LogP contribution in [0.5, 0.6) is 11.5 Å². The van der Waals surface area contributed by atoms with E-state index in [9.17, 15) is 9.59 Å². The molecular formula is C19H27NO5. The summed E-state index contributed by atoms with van der Waals surface area (Å²) in [7, 11) is 0. The van der Waals surface area contributed by atoms with E-state index in [0.717, 1.165) is 12.0 Å². The van der Waals surface area contributed by atoms with Crippen LogP contribution in [0.1, 0.15) is 47.1 Å². The van der Waals surface area contributed by atoms with Crippen LogP contribution in [0.25, 0.3) is 0 Å². The van der Waals surface area contributed by atoms with E-state index < -0.39 is 12.1 Å². The Labute approximate surface area is 148 Å². The predicted molar refractivity (Wildman–Crippen MR) is 93.8 cm³/mol. The van der Waals surface area contributed by atoms with Crippen LogP contribution in [-0.4, -0.2) is 35.7 Å². The normalized spacial score (nSPS) is 16.4. The second kappa shape index (κ2) is 6.94. The van der Waals surface area contributed by atoms with Crippen molar-refractivity contribution < 1.29 is 23.8 Å². The van der Waals surface area contributed by atoms with Gasteiger partial charge < -0.3 is 19.5 Å². The van der Waals surface area contributed by atoms with E-state index in [-0.39, 0.29) is 23.7 Å². The van der Waals surface area contributed by atoms with Crippen molar-refractivity contribution in [1.29, 1.82) is 0 Å². The monoisotopic (exact) mass is 349 g/mol. The number of nitrogens with one attached hydrogen (secondary N) is 1. The van der Waals surface area contributed by atoms with Crippen LogP contribution in [0.2, 0.25) is 0 Å². The zero-order chi connectivity index (χ0) is 18.8. The number of amides is 1. The Morgan fingerprint density at radius 3 is 2.64 bits per heavy atom. The van der Waals surface area contributed by atoms with Crippen molar-refractivity contribution in [3.8, 4) is 11.5 Å². The fraction of sp³-hybridized carbons (Fsp3) is 0.579. The molecule has 1 N–H and O–H groups in total. The minimum absolute atomic E-state index is 0.284. The summed E-state index contributed by atoms with van der Waals surface area (Å²) in [5, 5.41) is 2.76. The molecule has 1 amide bonds. The average Bonchev–Trinajstić information content (AvgIpc) is 2.77. The van der Waals surface area contributed by atoms with Gasteiger partial charge in [-0.05, 0) is 47.6 Å². The molecule has 0 fully saturated rings. The molecule has 1 aromatic rings. The van der Waals surface area contributed by atoms with Gasteiger partial charge in [0.1, 0.15) is 5.60 Å². The summed E-state index contributed by atoms with van der Waals surface area (Å²) < 4.78 is 16.6. The first kappa shape index (κ1) is 19.1. The van der Waals surface area contributed by atoms with Gasteiger partial charge in [-0.1, -0.05) is 12.1 Å². The molecule has 25 heavy (non-hydrogen) atoms. The number of carbonyl (C=O) groups excluding carboxylic acids is 2. The second-order valence-electron chi connectivity index (χ2n) is 7.94. The van der Waals surface area contributed by atoms with Gasteiger partial charge in [-0.15, -0.1) is 0 Å². The van der Waals surface area contributed by atoms with Gasteiger partial charge >= 0.3 is 5.97 Å². The molecule has 0 aromatic heterocycles. The molecule has 2 rings (SSSR count). The van der Waals surface area contributed by atoms with Crippen LogP contribution in [-0.2, 0) is 20.7 Å². The third-order valence-electron chi connectivity index (χ3n) is 3.58. The number of esters is 1. The van der Waals surface area contributed by atoms with Crippen LogP contribution in [0.4, 0.5) is 0 Å². The van der Waals surface area contributed by atoms with Crippen molar-refractivity contribution in [2.24, 2.45) is 0 Å². The van der Waals surface area contributed by atoms with Gasteiger partial charge in [-0.2, -0.15) is 0 Å². The number of hydrogen-bond donors (Lipinski definition) is 1. The predicted octanol–water partition coefficient (Wildman–Crippen LogP) is 2.63. The number of benzene rings is 1. The molecule has 0 saturated heterocycles. The molecule has 138 valence electrons. The highest BCUT2D eigenvalue weighted by molar-refractivity contribution is 5.84. The molecule has 1 heterocycles. The summed E-state index contributed by atoms with van der Waals surface area (Å²) in [5.74, 6) is 0.226. The summed E-state index contributed by atoms with van der Waals surface area (Å²) in [4.78, 5) is 23.9. The third-order valence-corrected chi connectivity index (χ3v) is 3.58. The Morgan fingerprint density at radius 1 is 1.32 bits per heavy atom. The van der Waals surface area contributed by atoms with Gasteiger partial charge in [0, 0.05) is 17.5 Å². The maximum absolute atomic E-state index is 12.0. The quantitative estimate of drug-likeness (QED) is 0.827. The van der Waals surface area contributed by atoms with Crippen molar-refractivity contribution in [3.05, 3.63) is 23.8 Å². The van der Waals surface area contributed by atoms with Gasteiger partial charge in [0.25, 0.3) is 5.91 Å². The van der Waals surface area contributed by atoms with Gasteiger partial charge in [0.2, 0.25) is 0 Å². The third kappa shape index (κ3) is 5.37. The highest BCUT2D eigenvalue weighted by Gasteiger charge is 2.32. The molecule has 1 aliphatic rings. The van der Waals surface area contributed by atoms with Gasteiger partial charge in [0.05, 0.1) is 0 Å².